The number of hydrogen-bond donors (Lipinski definition) is 1. The molecule has 0 bridgehead atoms. The first-order valence-electron chi connectivity index (χ1n) is 6.99. The van der Waals surface area contributed by atoms with Gasteiger partial charge in [-0.3, -0.25) is 4.98 Å². The van der Waals surface area contributed by atoms with Crippen molar-refractivity contribution in [2.75, 3.05) is 0 Å². The highest BCUT2D eigenvalue weighted by molar-refractivity contribution is 6.30. The molecule has 0 amide bonds. The molecule has 0 spiro atoms. The van der Waals surface area contributed by atoms with Gasteiger partial charge in [-0.15, -0.1) is 12.4 Å². The van der Waals surface area contributed by atoms with Gasteiger partial charge < -0.3 is 5.32 Å². The third kappa shape index (κ3) is 3.39. The first-order valence-corrected chi connectivity index (χ1v) is 7.37. The quantitative estimate of drug-likeness (QED) is 0.862. The van der Waals surface area contributed by atoms with Crippen LogP contribution in [0.15, 0.2) is 48.8 Å². The highest BCUT2D eigenvalue weighted by Gasteiger charge is 2.40. The molecular formula is C17H20Cl2N2. The Hall–Kier alpha value is -1.09. The fraction of sp³-hybridized carbons (Fsp3) is 0.353. The molecule has 1 N–H and O–H groups in total. The van der Waals surface area contributed by atoms with Crippen molar-refractivity contribution in [2.24, 2.45) is 0 Å². The summed E-state index contributed by atoms with van der Waals surface area (Å²) in [6, 6.07) is 12.8. The molecule has 0 radical (unpaired) electrons. The lowest BCUT2D eigenvalue weighted by atomic mass is 9.83. The van der Waals surface area contributed by atoms with Crippen molar-refractivity contribution < 1.29 is 0 Å². The number of pyridine rings is 1. The van der Waals surface area contributed by atoms with Crippen LogP contribution in [0.3, 0.4) is 0 Å². The van der Waals surface area contributed by atoms with E-state index in [1.54, 1.807) is 0 Å². The Morgan fingerprint density at radius 3 is 2.29 bits per heavy atom. The average Bonchev–Trinajstić information content (AvgIpc) is 2.76. The third-order valence-electron chi connectivity index (χ3n) is 4.27. The van der Waals surface area contributed by atoms with Crippen molar-refractivity contribution in [3.8, 4) is 0 Å². The van der Waals surface area contributed by atoms with E-state index in [1.165, 1.54) is 11.1 Å². The van der Waals surface area contributed by atoms with Crippen molar-refractivity contribution in [1.82, 2.24) is 10.3 Å². The maximum absolute atomic E-state index is 5.97. The Morgan fingerprint density at radius 1 is 1.05 bits per heavy atom. The predicted octanol–water partition coefficient (Wildman–Crippen LogP) is 4.75. The second-order valence-corrected chi connectivity index (χ2v) is 6.48. The highest BCUT2D eigenvalue weighted by atomic mass is 35.5. The van der Waals surface area contributed by atoms with E-state index in [1.807, 2.05) is 24.5 Å². The van der Waals surface area contributed by atoms with Crippen LogP contribution in [0.1, 0.15) is 43.4 Å². The summed E-state index contributed by atoms with van der Waals surface area (Å²) in [5.41, 5.74) is 2.74. The van der Waals surface area contributed by atoms with Crippen LogP contribution in [-0.4, -0.2) is 10.5 Å². The molecule has 2 aromatic rings. The van der Waals surface area contributed by atoms with Gasteiger partial charge in [0.05, 0.1) is 0 Å². The molecule has 1 fully saturated rings. The fourth-order valence-corrected chi connectivity index (χ4v) is 3.33. The number of nitrogens with one attached hydrogen (secondary N) is 1. The maximum Gasteiger partial charge on any atom is 0.0406 e. The predicted molar refractivity (Wildman–Crippen MR) is 90.3 cm³/mol. The van der Waals surface area contributed by atoms with E-state index in [0.29, 0.717) is 12.0 Å². The van der Waals surface area contributed by atoms with Crippen LogP contribution in [0.25, 0.3) is 0 Å². The summed E-state index contributed by atoms with van der Waals surface area (Å²) in [7, 11) is 0. The molecule has 2 heterocycles. The van der Waals surface area contributed by atoms with Crippen molar-refractivity contribution in [3.63, 3.8) is 0 Å². The minimum absolute atomic E-state index is 0. The van der Waals surface area contributed by atoms with Gasteiger partial charge in [0.2, 0.25) is 0 Å². The minimum atomic E-state index is 0. The molecule has 0 saturated carbocycles. The Kier molecular flexibility index (Phi) is 4.92. The monoisotopic (exact) mass is 322 g/mol. The highest BCUT2D eigenvalue weighted by Crippen LogP contribution is 2.43. The van der Waals surface area contributed by atoms with Crippen LogP contribution in [0.5, 0.6) is 0 Å². The second kappa shape index (κ2) is 6.35. The van der Waals surface area contributed by atoms with Crippen molar-refractivity contribution >= 4 is 24.0 Å². The molecule has 4 heteroatoms. The van der Waals surface area contributed by atoms with Crippen LogP contribution in [0, 0.1) is 0 Å². The normalized spacial score (nSPS) is 23.6. The SMILES string of the molecule is CC1(C)NC(c2ccc(Cl)cc2)CC1c1ccncc1.Cl. The van der Waals surface area contributed by atoms with Crippen molar-refractivity contribution in [1.29, 1.82) is 0 Å². The summed E-state index contributed by atoms with van der Waals surface area (Å²) in [5, 5.41) is 4.54. The van der Waals surface area contributed by atoms with E-state index >= 15 is 0 Å². The van der Waals surface area contributed by atoms with Gasteiger partial charge >= 0.3 is 0 Å². The van der Waals surface area contributed by atoms with E-state index in [2.05, 4.69) is 48.4 Å². The van der Waals surface area contributed by atoms with Gasteiger partial charge in [-0.05, 0) is 55.7 Å². The number of aromatic nitrogens is 1. The van der Waals surface area contributed by atoms with Gasteiger partial charge in [-0.1, -0.05) is 23.7 Å². The van der Waals surface area contributed by atoms with Crippen LogP contribution in [0.2, 0.25) is 5.02 Å². The largest absolute Gasteiger partial charge is 0.304 e. The molecule has 21 heavy (non-hydrogen) atoms. The summed E-state index contributed by atoms with van der Waals surface area (Å²) >= 11 is 5.97. The molecular weight excluding hydrogens is 303 g/mol. The molecule has 112 valence electrons. The molecule has 1 aliphatic heterocycles. The molecule has 3 rings (SSSR count). The van der Waals surface area contributed by atoms with E-state index in [4.69, 9.17) is 11.6 Å². The number of hydrogen-bond acceptors (Lipinski definition) is 2. The van der Waals surface area contributed by atoms with Gasteiger partial charge in [0.15, 0.2) is 0 Å². The van der Waals surface area contributed by atoms with E-state index in [-0.39, 0.29) is 17.9 Å². The van der Waals surface area contributed by atoms with Gasteiger partial charge in [0.25, 0.3) is 0 Å². The van der Waals surface area contributed by atoms with Crippen LogP contribution >= 0.6 is 24.0 Å². The topological polar surface area (TPSA) is 24.9 Å². The molecule has 2 nitrogen and oxygen atoms in total. The first-order chi connectivity index (χ1) is 9.56. The van der Waals surface area contributed by atoms with Crippen molar-refractivity contribution in [3.05, 3.63) is 64.9 Å². The van der Waals surface area contributed by atoms with Gasteiger partial charge in [0.1, 0.15) is 0 Å². The lowest BCUT2D eigenvalue weighted by Gasteiger charge is -2.27. The summed E-state index contributed by atoms with van der Waals surface area (Å²) in [4.78, 5) is 4.12. The summed E-state index contributed by atoms with van der Waals surface area (Å²) in [5.74, 6) is 0.492. The van der Waals surface area contributed by atoms with E-state index in [0.717, 1.165) is 11.4 Å². The fourth-order valence-electron chi connectivity index (χ4n) is 3.20. The zero-order valence-electron chi connectivity index (χ0n) is 12.2. The smallest absolute Gasteiger partial charge is 0.0406 e. The summed E-state index contributed by atoms with van der Waals surface area (Å²) in [6.45, 7) is 4.54. The molecule has 1 aromatic heterocycles. The zero-order chi connectivity index (χ0) is 14.2. The number of nitrogens with zero attached hydrogens (tertiary/aromatic N) is 1. The third-order valence-corrected chi connectivity index (χ3v) is 4.52. The van der Waals surface area contributed by atoms with Crippen LogP contribution in [-0.2, 0) is 0 Å². The van der Waals surface area contributed by atoms with E-state index < -0.39 is 0 Å². The number of benzene rings is 1. The Bertz CT molecular complexity index is 581. The Labute approximate surface area is 137 Å². The van der Waals surface area contributed by atoms with Crippen LogP contribution < -0.4 is 5.32 Å². The average molecular weight is 323 g/mol. The minimum Gasteiger partial charge on any atom is -0.304 e. The number of halogens is 2. The first kappa shape index (κ1) is 16.3. The number of rotatable bonds is 2. The molecule has 1 aliphatic rings. The molecule has 0 aliphatic carbocycles. The Morgan fingerprint density at radius 2 is 1.67 bits per heavy atom. The van der Waals surface area contributed by atoms with Crippen molar-refractivity contribution in [2.45, 2.75) is 37.8 Å². The van der Waals surface area contributed by atoms with Gasteiger partial charge in [-0.25, -0.2) is 0 Å². The summed E-state index contributed by atoms with van der Waals surface area (Å²) in [6.07, 6.45) is 4.85. The van der Waals surface area contributed by atoms with E-state index in [9.17, 15) is 0 Å². The summed E-state index contributed by atoms with van der Waals surface area (Å²) < 4.78 is 0. The Balaban J connectivity index is 0.00000161. The maximum atomic E-state index is 5.97. The molecule has 2 unspecified atom stereocenters. The lowest BCUT2D eigenvalue weighted by molar-refractivity contribution is 0.397. The standard InChI is InChI=1S/C17H19ClN2.ClH/c1-17(2)15(12-7-9-19-10-8-12)11-16(20-17)13-3-5-14(18)6-4-13;/h3-10,15-16,20H,11H2,1-2H3;1H. The van der Waals surface area contributed by atoms with Crippen LogP contribution in [0.4, 0.5) is 0 Å². The second-order valence-electron chi connectivity index (χ2n) is 6.04. The van der Waals surface area contributed by atoms with Gasteiger partial charge in [0, 0.05) is 34.9 Å². The molecule has 2 atom stereocenters. The zero-order valence-corrected chi connectivity index (χ0v) is 13.8. The lowest BCUT2D eigenvalue weighted by Crippen LogP contribution is -2.37. The van der Waals surface area contributed by atoms with Gasteiger partial charge in [-0.2, -0.15) is 0 Å². The molecule has 1 saturated heterocycles. The molecule has 1 aromatic carbocycles.